The van der Waals surface area contributed by atoms with Crippen LogP contribution in [0.25, 0.3) is 0 Å². The van der Waals surface area contributed by atoms with E-state index < -0.39 is 5.82 Å². The Bertz CT molecular complexity index is 312. The first-order valence-corrected chi connectivity index (χ1v) is 4.58. The van der Waals surface area contributed by atoms with Crippen LogP contribution in [0.3, 0.4) is 0 Å². The Morgan fingerprint density at radius 3 is 2.69 bits per heavy atom. The van der Waals surface area contributed by atoms with Crippen molar-refractivity contribution in [2.24, 2.45) is 0 Å². The highest BCUT2D eigenvalue weighted by atomic mass is 35.5. The van der Waals surface area contributed by atoms with Gasteiger partial charge in [-0.1, -0.05) is 11.6 Å². The highest BCUT2D eigenvalue weighted by molar-refractivity contribution is 6.29. The molecule has 70 valence electrons. The van der Waals surface area contributed by atoms with Crippen LogP contribution in [0.5, 0.6) is 0 Å². The van der Waals surface area contributed by atoms with Crippen molar-refractivity contribution in [1.82, 2.24) is 9.97 Å². The molecule has 0 bridgehead atoms. The van der Waals surface area contributed by atoms with E-state index in [2.05, 4.69) is 9.97 Å². The summed E-state index contributed by atoms with van der Waals surface area (Å²) in [5.74, 6) is -0.177. The molecule has 1 saturated heterocycles. The van der Waals surface area contributed by atoms with Crippen LogP contribution in [0.4, 0.5) is 10.2 Å². The molecule has 0 N–H and O–H groups in total. The van der Waals surface area contributed by atoms with Gasteiger partial charge in [-0.15, -0.1) is 0 Å². The van der Waals surface area contributed by atoms with Gasteiger partial charge in [0, 0.05) is 13.1 Å². The number of anilines is 1. The van der Waals surface area contributed by atoms with E-state index in [0.717, 1.165) is 25.9 Å². The van der Waals surface area contributed by atoms with E-state index in [4.69, 9.17) is 11.6 Å². The maximum absolute atomic E-state index is 13.4. The molecular weight excluding hydrogens is 193 g/mol. The highest BCUT2D eigenvalue weighted by Gasteiger charge is 2.19. The maximum atomic E-state index is 13.4. The van der Waals surface area contributed by atoms with Crippen LogP contribution < -0.4 is 4.90 Å². The molecule has 0 radical (unpaired) electrons. The molecule has 2 heterocycles. The lowest BCUT2D eigenvalue weighted by Gasteiger charge is -2.16. The van der Waals surface area contributed by atoms with Crippen molar-refractivity contribution in [2.45, 2.75) is 12.8 Å². The zero-order valence-corrected chi connectivity index (χ0v) is 7.76. The first-order valence-electron chi connectivity index (χ1n) is 4.20. The summed E-state index contributed by atoms with van der Waals surface area (Å²) in [4.78, 5) is 9.33. The molecule has 1 aliphatic rings. The number of nitrogens with zero attached hydrogens (tertiary/aromatic N) is 3. The van der Waals surface area contributed by atoms with Crippen LogP contribution in [0.15, 0.2) is 6.33 Å². The molecule has 5 heteroatoms. The lowest BCUT2D eigenvalue weighted by molar-refractivity contribution is 0.608. The van der Waals surface area contributed by atoms with Gasteiger partial charge in [0.1, 0.15) is 6.33 Å². The minimum Gasteiger partial charge on any atom is -0.354 e. The zero-order valence-electron chi connectivity index (χ0n) is 7.00. The van der Waals surface area contributed by atoms with E-state index in [1.165, 1.54) is 6.33 Å². The van der Waals surface area contributed by atoms with Crippen LogP contribution in [0.2, 0.25) is 5.15 Å². The van der Waals surface area contributed by atoms with Crippen molar-refractivity contribution in [1.29, 1.82) is 0 Å². The molecule has 0 aromatic carbocycles. The van der Waals surface area contributed by atoms with Crippen LogP contribution in [0, 0.1) is 5.82 Å². The fourth-order valence-corrected chi connectivity index (χ4v) is 1.62. The third-order valence-corrected chi connectivity index (χ3v) is 2.40. The van der Waals surface area contributed by atoms with Crippen LogP contribution in [-0.2, 0) is 0 Å². The van der Waals surface area contributed by atoms with Crippen molar-refractivity contribution in [2.75, 3.05) is 18.0 Å². The minimum absolute atomic E-state index is 0.100. The Morgan fingerprint density at radius 2 is 2.00 bits per heavy atom. The van der Waals surface area contributed by atoms with Gasteiger partial charge in [-0.05, 0) is 12.8 Å². The zero-order chi connectivity index (χ0) is 9.26. The van der Waals surface area contributed by atoms with Gasteiger partial charge in [0.15, 0.2) is 11.0 Å². The van der Waals surface area contributed by atoms with Crippen LogP contribution in [-0.4, -0.2) is 23.1 Å². The largest absolute Gasteiger partial charge is 0.354 e. The summed E-state index contributed by atoms with van der Waals surface area (Å²) in [5.41, 5.74) is 0. The summed E-state index contributed by atoms with van der Waals surface area (Å²) >= 11 is 5.54. The van der Waals surface area contributed by atoms with E-state index >= 15 is 0 Å². The average Bonchev–Trinajstić information content (AvgIpc) is 2.62. The van der Waals surface area contributed by atoms with E-state index in [-0.39, 0.29) is 5.15 Å². The number of hydrogen-bond acceptors (Lipinski definition) is 3. The normalized spacial score (nSPS) is 16.6. The molecule has 0 unspecified atom stereocenters. The van der Waals surface area contributed by atoms with Crippen molar-refractivity contribution in [3.63, 3.8) is 0 Å². The van der Waals surface area contributed by atoms with Gasteiger partial charge < -0.3 is 4.90 Å². The second-order valence-electron chi connectivity index (χ2n) is 3.00. The fraction of sp³-hybridized carbons (Fsp3) is 0.500. The average molecular weight is 202 g/mol. The van der Waals surface area contributed by atoms with Crippen molar-refractivity contribution in [3.8, 4) is 0 Å². The maximum Gasteiger partial charge on any atom is 0.202 e. The molecule has 0 amide bonds. The molecule has 1 aromatic rings. The molecule has 1 fully saturated rings. The van der Waals surface area contributed by atoms with Gasteiger partial charge >= 0.3 is 0 Å². The summed E-state index contributed by atoms with van der Waals surface area (Å²) in [6.45, 7) is 1.70. The monoisotopic (exact) mass is 201 g/mol. The summed E-state index contributed by atoms with van der Waals surface area (Å²) in [6, 6.07) is 0. The van der Waals surface area contributed by atoms with E-state index in [1.54, 1.807) is 0 Å². The Balaban J connectivity index is 2.33. The van der Waals surface area contributed by atoms with Gasteiger partial charge in [-0.3, -0.25) is 0 Å². The van der Waals surface area contributed by atoms with Gasteiger partial charge in [0.2, 0.25) is 5.82 Å². The molecule has 2 rings (SSSR count). The highest BCUT2D eigenvalue weighted by Crippen LogP contribution is 2.23. The van der Waals surface area contributed by atoms with Gasteiger partial charge in [0.25, 0.3) is 0 Å². The first kappa shape index (κ1) is 8.69. The summed E-state index contributed by atoms with van der Waals surface area (Å²) in [7, 11) is 0. The van der Waals surface area contributed by atoms with E-state index in [0.29, 0.717) is 5.82 Å². The summed E-state index contributed by atoms with van der Waals surface area (Å²) < 4.78 is 13.4. The molecule has 1 aliphatic heterocycles. The molecule has 13 heavy (non-hydrogen) atoms. The van der Waals surface area contributed by atoms with Crippen molar-refractivity contribution < 1.29 is 4.39 Å². The van der Waals surface area contributed by atoms with Crippen LogP contribution in [0.1, 0.15) is 12.8 Å². The Morgan fingerprint density at radius 1 is 1.31 bits per heavy atom. The number of rotatable bonds is 1. The Kier molecular flexibility index (Phi) is 2.31. The summed E-state index contributed by atoms with van der Waals surface area (Å²) in [5, 5.41) is -0.100. The minimum atomic E-state index is -0.508. The molecular formula is C8H9ClFN3. The van der Waals surface area contributed by atoms with Crippen molar-refractivity contribution >= 4 is 17.4 Å². The fourth-order valence-electron chi connectivity index (χ4n) is 1.49. The van der Waals surface area contributed by atoms with Gasteiger partial charge in [-0.2, -0.15) is 4.39 Å². The quantitative estimate of drug-likeness (QED) is 0.650. The summed E-state index contributed by atoms with van der Waals surface area (Å²) in [6.07, 6.45) is 3.46. The lowest BCUT2D eigenvalue weighted by Crippen LogP contribution is -2.20. The Labute approximate surface area is 80.6 Å². The predicted octanol–water partition coefficient (Wildman–Crippen LogP) is 1.87. The third kappa shape index (κ3) is 1.58. The topological polar surface area (TPSA) is 29.0 Å². The lowest BCUT2D eigenvalue weighted by atomic mass is 10.4. The molecule has 0 spiro atoms. The second-order valence-corrected chi connectivity index (χ2v) is 3.35. The molecule has 0 aliphatic carbocycles. The SMILES string of the molecule is Fc1c(Cl)ncnc1N1CCCC1. The molecule has 3 nitrogen and oxygen atoms in total. The van der Waals surface area contributed by atoms with Gasteiger partial charge in [-0.25, -0.2) is 9.97 Å². The second kappa shape index (κ2) is 3.46. The predicted molar refractivity (Wildman–Crippen MR) is 48.4 cm³/mol. The third-order valence-electron chi connectivity index (χ3n) is 2.13. The molecule has 0 atom stereocenters. The van der Waals surface area contributed by atoms with E-state index in [1.807, 2.05) is 4.90 Å². The smallest absolute Gasteiger partial charge is 0.202 e. The van der Waals surface area contributed by atoms with E-state index in [9.17, 15) is 4.39 Å². The number of hydrogen-bond donors (Lipinski definition) is 0. The number of aromatic nitrogens is 2. The standard InChI is InChI=1S/C8H9ClFN3/c9-7-6(10)8(12-5-11-7)13-3-1-2-4-13/h5H,1-4H2. The molecule has 0 saturated carbocycles. The van der Waals surface area contributed by atoms with Crippen molar-refractivity contribution in [3.05, 3.63) is 17.3 Å². The first-order chi connectivity index (χ1) is 6.29. The number of halogens is 2. The molecule has 1 aromatic heterocycles. The van der Waals surface area contributed by atoms with Crippen LogP contribution >= 0.6 is 11.6 Å². The van der Waals surface area contributed by atoms with Gasteiger partial charge in [0.05, 0.1) is 0 Å². The Hall–Kier alpha value is -0.900.